The van der Waals surface area contributed by atoms with Crippen LogP contribution in [-0.2, 0) is 0 Å². The van der Waals surface area contributed by atoms with Crippen LogP contribution in [0.5, 0.6) is 0 Å². The third kappa shape index (κ3) is 4.42. The van der Waals surface area contributed by atoms with Crippen molar-refractivity contribution in [2.24, 2.45) is 0 Å². The second kappa shape index (κ2) is 6.02. The lowest BCUT2D eigenvalue weighted by molar-refractivity contribution is 0.0990. The molecule has 0 saturated heterocycles. The molecule has 1 aliphatic carbocycles. The Morgan fingerprint density at radius 3 is 2.31 bits per heavy atom. The lowest BCUT2D eigenvalue weighted by Gasteiger charge is -2.41. The highest BCUT2D eigenvalue weighted by atomic mass is 15.2. The minimum atomic E-state index is 0.243. The molecule has 0 spiro atoms. The zero-order valence-electron chi connectivity index (χ0n) is 11.8. The fourth-order valence-electron chi connectivity index (χ4n) is 2.30. The smallest absolute Gasteiger partial charge is 0.0220 e. The number of rotatable bonds is 6. The van der Waals surface area contributed by atoms with Gasteiger partial charge in [0.25, 0.3) is 0 Å². The molecule has 1 saturated carbocycles. The van der Waals surface area contributed by atoms with Gasteiger partial charge in [0.1, 0.15) is 0 Å². The zero-order chi connectivity index (χ0) is 12.2. The fraction of sp³-hybridized carbons (Fsp3) is 1.00. The van der Waals surface area contributed by atoms with Gasteiger partial charge in [-0.3, -0.25) is 4.90 Å². The summed E-state index contributed by atoms with van der Waals surface area (Å²) in [5.74, 6) is 0. The van der Waals surface area contributed by atoms with Crippen LogP contribution in [0.15, 0.2) is 0 Å². The first kappa shape index (κ1) is 14.0. The maximum absolute atomic E-state index is 3.65. The molecule has 0 heterocycles. The molecule has 0 radical (unpaired) electrons. The Hall–Kier alpha value is -0.0800. The Morgan fingerprint density at radius 1 is 1.31 bits per heavy atom. The quantitative estimate of drug-likeness (QED) is 0.749. The van der Waals surface area contributed by atoms with Gasteiger partial charge in [0.2, 0.25) is 0 Å². The van der Waals surface area contributed by atoms with Crippen molar-refractivity contribution in [2.45, 2.75) is 77.4 Å². The number of hydrogen-bond acceptors (Lipinski definition) is 2. The van der Waals surface area contributed by atoms with Crippen LogP contribution in [0.3, 0.4) is 0 Å². The molecular formula is C14H30N2. The molecule has 16 heavy (non-hydrogen) atoms. The highest BCUT2D eigenvalue weighted by Crippen LogP contribution is 2.26. The van der Waals surface area contributed by atoms with Crippen LogP contribution >= 0.6 is 0 Å². The summed E-state index contributed by atoms with van der Waals surface area (Å²) in [6, 6.07) is 1.58. The minimum Gasteiger partial charge on any atom is -0.311 e. The Bertz CT molecular complexity index is 191. The van der Waals surface area contributed by atoms with Crippen molar-refractivity contribution in [2.75, 3.05) is 13.6 Å². The summed E-state index contributed by atoms with van der Waals surface area (Å²) in [5, 5.41) is 3.65. The molecule has 0 aromatic heterocycles. The van der Waals surface area contributed by atoms with Gasteiger partial charge in [-0.05, 0) is 47.1 Å². The third-order valence-electron chi connectivity index (χ3n) is 3.72. The van der Waals surface area contributed by atoms with Crippen LogP contribution in [0, 0.1) is 0 Å². The van der Waals surface area contributed by atoms with Crippen molar-refractivity contribution in [1.82, 2.24) is 10.2 Å². The Balaban J connectivity index is 2.39. The lowest BCUT2D eigenvalue weighted by Crippen LogP contribution is -2.51. The van der Waals surface area contributed by atoms with Crippen molar-refractivity contribution in [3.05, 3.63) is 0 Å². The second-order valence-electron chi connectivity index (χ2n) is 6.32. The molecule has 1 unspecified atom stereocenters. The molecule has 2 nitrogen and oxygen atoms in total. The monoisotopic (exact) mass is 226 g/mol. The van der Waals surface area contributed by atoms with Crippen LogP contribution in [0.1, 0.15) is 59.8 Å². The van der Waals surface area contributed by atoms with E-state index in [2.05, 4.69) is 45.0 Å². The van der Waals surface area contributed by atoms with E-state index in [0.29, 0.717) is 0 Å². The number of hydrogen-bond donors (Lipinski definition) is 1. The van der Waals surface area contributed by atoms with Crippen molar-refractivity contribution < 1.29 is 0 Å². The first-order chi connectivity index (χ1) is 7.44. The van der Waals surface area contributed by atoms with Crippen LogP contribution in [-0.4, -0.2) is 36.1 Å². The van der Waals surface area contributed by atoms with Gasteiger partial charge >= 0.3 is 0 Å². The van der Waals surface area contributed by atoms with Gasteiger partial charge in [-0.2, -0.15) is 0 Å². The molecule has 96 valence electrons. The van der Waals surface area contributed by atoms with E-state index in [1.807, 2.05) is 0 Å². The lowest BCUT2D eigenvalue weighted by atomic mass is 9.90. The van der Waals surface area contributed by atoms with Gasteiger partial charge in [-0.25, -0.2) is 0 Å². The van der Waals surface area contributed by atoms with Crippen LogP contribution in [0.25, 0.3) is 0 Å². The highest BCUT2D eigenvalue weighted by molar-refractivity contribution is 4.85. The van der Waals surface area contributed by atoms with E-state index in [1.54, 1.807) is 0 Å². The minimum absolute atomic E-state index is 0.243. The Morgan fingerprint density at radius 2 is 1.94 bits per heavy atom. The van der Waals surface area contributed by atoms with E-state index in [1.165, 1.54) is 32.1 Å². The summed E-state index contributed by atoms with van der Waals surface area (Å²) in [7, 11) is 2.31. The van der Waals surface area contributed by atoms with Crippen molar-refractivity contribution in [3.63, 3.8) is 0 Å². The molecule has 0 aromatic rings. The largest absolute Gasteiger partial charge is 0.311 e. The van der Waals surface area contributed by atoms with Gasteiger partial charge in [-0.15, -0.1) is 0 Å². The van der Waals surface area contributed by atoms with Crippen LogP contribution < -0.4 is 5.32 Å². The topological polar surface area (TPSA) is 15.3 Å². The normalized spacial score (nSPS) is 19.9. The molecule has 0 amide bonds. The van der Waals surface area contributed by atoms with E-state index in [9.17, 15) is 0 Å². The van der Waals surface area contributed by atoms with E-state index in [0.717, 1.165) is 18.6 Å². The molecule has 1 atom stereocenters. The molecule has 0 aliphatic heterocycles. The molecule has 1 rings (SSSR count). The van der Waals surface area contributed by atoms with E-state index < -0.39 is 0 Å². The second-order valence-corrected chi connectivity index (χ2v) is 6.32. The van der Waals surface area contributed by atoms with E-state index in [-0.39, 0.29) is 5.54 Å². The Labute approximate surface area is 102 Å². The van der Waals surface area contributed by atoms with Gasteiger partial charge in [0, 0.05) is 24.2 Å². The van der Waals surface area contributed by atoms with E-state index in [4.69, 9.17) is 0 Å². The van der Waals surface area contributed by atoms with Gasteiger partial charge in [0.05, 0.1) is 0 Å². The zero-order valence-corrected chi connectivity index (χ0v) is 11.8. The predicted octanol–water partition coefficient (Wildman–Crippen LogP) is 3.03. The number of likely N-dealkylation sites (N-methyl/N-ethyl adjacent to an activating group) is 1. The standard InChI is InChI=1S/C14H30N2/c1-6-8-13(11-15-14(2,3)4)16(5)12-9-7-10-12/h12-13,15H,6-11H2,1-5H3. The average Bonchev–Trinajstić information content (AvgIpc) is 2.07. The SMILES string of the molecule is CCCC(CNC(C)(C)C)N(C)C1CCC1. The first-order valence-corrected chi connectivity index (χ1v) is 6.91. The summed E-state index contributed by atoms with van der Waals surface area (Å²) in [4.78, 5) is 2.62. The van der Waals surface area contributed by atoms with Crippen LogP contribution in [0.2, 0.25) is 0 Å². The number of nitrogens with one attached hydrogen (secondary N) is 1. The molecule has 1 fully saturated rings. The average molecular weight is 226 g/mol. The van der Waals surface area contributed by atoms with Gasteiger partial charge in [0.15, 0.2) is 0 Å². The molecular weight excluding hydrogens is 196 g/mol. The van der Waals surface area contributed by atoms with E-state index >= 15 is 0 Å². The molecule has 0 bridgehead atoms. The molecule has 2 heteroatoms. The summed E-state index contributed by atoms with van der Waals surface area (Å²) < 4.78 is 0. The van der Waals surface area contributed by atoms with Gasteiger partial charge in [-0.1, -0.05) is 19.8 Å². The van der Waals surface area contributed by atoms with Gasteiger partial charge < -0.3 is 5.32 Å². The Kier molecular flexibility index (Phi) is 5.26. The summed E-state index contributed by atoms with van der Waals surface area (Å²) in [6.45, 7) is 10.2. The molecule has 0 aromatic carbocycles. The number of nitrogens with zero attached hydrogens (tertiary/aromatic N) is 1. The fourth-order valence-corrected chi connectivity index (χ4v) is 2.30. The maximum atomic E-state index is 3.65. The highest BCUT2D eigenvalue weighted by Gasteiger charge is 2.27. The van der Waals surface area contributed by atoms with Crippen molar-refractivity contribution >= 4 is 0 Å². The summed E-state index contributed by atoms with van der Waals surface area (Å²) >= 11 is 0. The van der Waals surface area contributed by atoms with Crippen molar-refractivity contribution in [1.29, 1.82) is 0 Å². The van der Waals surface area contributed by atoms with Crippen LogP contribution in [0.4, 0.5) is 0 Å². The van der Waals surface area contributed by atoms with Crippen molar-refractivity contribution in [3.8, 4) is 0 Å². The summed E-state index contributed by atoms with van der Waals surface area (Å²) in [6.07, 6.45) is 6.85. The first-order valence-electron chi connectivity index (χ1n) is 6.91. The third-order valence-corrected chi connectivity index (χ3v) is 3.72. The molecule has 1 N–H and O–H groups in total. The molecule has 1 aliphatic rings. The maximum Gasteiger partial charge on any atom is 0.0220 e. The summed E-state index contributed by atoms with van der Waals surface area (Å²) in [5.41, 5.74) is 0.243. The predicted molar refractivity (Wildman–Crippen MR) is 71.9 cm³/mol.